The van der Waals surface area contributed by atoms with Crippen molar-refractivity contribution in [3.05, 3.63) is 82.9 Å². The molecule has 35 heavy (non-hydrogen) atoms. The molecule has 6 nitrogen and oxygen atoms in total. The van der Waals surface area contributed by atoms with Crippen molar-refractivity contribution in [2.75, 3.05) is 16.8 Å². The molecule has 1 saturated heterocycles. The molecule has 5 rings (SSSR count). The number of halogens is 1. The SMILES string of the molecule is CCOc1cccc2c1O[C@@]1(C)[C@H](C(=O)Nc3ccc(Cl)cc3)[C@@H]2NC(=S)N1c1ccc(C)cc1. The molecule has 2 N–H and O–H groups in total. The summed E-state index contributed by atoms with van der Waals surface area (Å²) in [6.07, 6.45) is 0. The van der Waals surface area contributed by atoms with Gasteiger partial charge in [-0.1, -0.05) is 41.4 Å². The van der Waals surface area contributed by atoms with Gasteiger partial charge in [-0.05, 0) is 75.5 Å². The van der Waals surface area contributed by atoms with Crippen LogP contribution >= 0.6 is 23.8 Å². The molecule has 2 aliphatic heterocycles. The maximum atomic E-state index is 13.9. The Morgan fingerprint density at radius 1 is 1.17 bits per heavy atom. The summed E-state index contributed by atoms with van der Waals surface area (Å²) < 4.78 is 12.6. The van der Waals surface area contributed by atoms with Crippen LogP contribution in [0.2, 0.25) is 5.02 Å². The number of aryl methyl sites for hydroxylation is 1. The third-order valence-electron chi connectivity index (χ3n) is 6.48. The average Bonchev–Trinajstić information content (AvgIpc) is 2.82. The first-order valence-corrected chi connectivity index (χ1v) is 12.3. The van der Waals surface area contributed by atoms with Gasteiger partial charge in [-0.25, -0.2) is 0 Å². The van der Waals surface area contributed by atoms with Gasteiger partial charge >= 0.3 is 0 Å². The molecule has 1 fully saturated rings. The summed E-state index contributed by atoms with van der Waals surface area (Å²) in [6.45, 7) is 6.36. The lowest BCUT2D eigenvalue weighted by molar-refractivity contribution is -0.130. The fourth-order valence-electron chi connectivity index (χ4n) is 4.88. The molecular weight excluding hydrogens is 482 g/mol. The van der Waals surface area contributed by atoms with Gasteiger partial charge in [-0.15, -0.1) is 0 Å². The van der Waals surface area contributed by atoms with Crippen molar-refractivity contribution in [3.8, 4) is 11.5 Å². The number of amides is 1. The number of rotatable bonds is 5. The Kier molecular flexibility index (Phi) is 6.07. The van der Waals surface area contributed by atoms with Gasteiger partial charge in [0.05, 0.1) is 12.6 Å². The van der Waals surface area contributed by atoms with Crippen LogP contribution in [0.15, 0.2) is 66.7 Å². The fourth-order valence-corrected chi connectivity index (χ4v) is 5.41. The monoisotopic (exact) mass is 507 g/mol. The van der Waals surface area contributed by atoms with Gasteiger partial charge in [0.25, 0.3) is 0 Å². The van der Waals surface area contributed by atoms with E-state index < -0.39 is 17.7 Å². The van der Waals surface area contributed by atoms with Gasteiger partial charge in [-0.3, -0.25) is 9.69 Å². The molecule has 2 aliphatic rings. The van der Waals surface area contributed by atoms with E-state index in [-0.39, 0.29) is 5.91 Å². The number of ether oxygens (including phenoxy) is 2. The largest absolute Gasteiger partial charge is 0.490 e. The van der Waals surface area contributed by atoms with Gasteiger partial charge in [0.15, 0.2) is 22.3 Å². The second-order valence-corrected chi connectivity index (χ2v) is 9.66. The van der Waals surface area contributed by atoms with Crippen LogP contribution in [0.5, 0.6) is 11.5 Å². The molecule has 0 aliphatic carbocycles. The first kappa shape index (κ1) is 23.5. The molecule has 0 unspecified atom stereocenters. The molecule has 0 spiro atoms. The zero-order valence-electron chi connectivity index (χ0n) is 19.7. The summed E-state index contributed by atoms with van der Waals surface area (Å²) in [7, 11) is 0. The van der Waals surface area contributed by atoms with Gasteiger partial charge in [0.2, 0.25) is 5.91 Å². The first-order chi connectivity index (χ1) is 16.8. The molecule has 3 atom stereocenters. The van der Waals surface area contributed by atoms with Gasteiger partial charge in [-0.2, -0.15) is 0 Å². The van der Waals surface area contributed by atoms with E-state index in [1.165, 1.54) is 0 Å². The van der Waals surface area contributed by atoms with E-state index in [1.54, 1.807) is 24.3 Å². The molecule has 1 amide bonds. The number of anilines is 2. The van der Waals surface area contributed by atoms with Crippen LogP contribution in [0, 0.1) is 12.8 Å². The molecule has 8 heteroatoms. The predicted octanol–water partition coefficient (Wildman–Crippen LogP) is 5.85. The zero-order valence-corrected chi connectivity index (χ0v) is 21.2. The minimum absolute atomic E-state index is 0.195. The van der Waals surface area contributed by atoms with Crippen molar-refractivity contribution < 1.29 is 14.3 Å². The number of fused-ring (bicyclic) bond motifs is 4. The summed E-state index contributed by atoms with van der Waals surface area (Å²) in [5, 5.41) is 7.56. The van der Waals surface area contributed by atoms with Crippen molar-refractivity contribution in [1.82, 2.24) is 5.32 Å². The minimum Gasteiger partial charge on any atom is -0.490 e. The number of nitrogens with one attached hydrogen (secondary N) is 2. The lowest BCUT2D eigenvalue weighted by Gasteiger charge is -2.56. The first-order valence-electron chi connectivity index (χ1n) is 11.5. The third kappa shape index (κ3) is 4.09. The normalized spacial score (nSPS) is 22.5. The summed E-state index contributed by atoms with van der Waals surface area (Å²) in [6, 6.07) is 20.3. The third-order valence-corrected chi connectivity index (χ3v) is 7.03. The number of benzene rings is 3. The number of hydrogen-bond acceptors (Lipinski definition) is 4. The Labute approximate surface area is 215 Å². The lowest BCUT2D eigenvalue weighted by Crippen LogP contribution is -2.72. The minimum atomic E-state index is -1.13. The Morgan fingerprint density at radius 3 is 2.57 bits per heavy atom. The Bertz CT molecular complexity index is 1280. The highest BCUT2D eigenvalue weighted by atomic mass is 35.5. The quantitative estimate of drug-likeness (QED) is 0.423. The lowest BCUT2D eigenvalue weighted by atomic mass is 9.78. The van der Waals surface area contributed by atoms with Gasteiger partial charge in [0.1, 0.15) is 5.92 Å². The van der Waals surface area contributed by atoms with E-state index in [9.17, 15) is 4.79 Å². The van der Waals surface area contributed by atoms with Crippen LogP contribution in [-0.4, -0.2) is 23.4 Å². The second kappa shape index (κ2) is 9.06. The number of carbonyl (C=O) groups excluding carboxylic acids is 1. The molecule has 0 radical (unpaired) electrons. The summed E-state index contributed by atoms with van der Waals surface area (Å²) in [5.41, 5.74) is 2.31. The summed E-state index contributed by atoms with van der Waals surface area (Å²) >= 11 is 11.9. The molecule has 2 heterocycles. The molecule has 0 aromatic heterocycles. The maximum absolute atomic E-state index is 13.9. The van der Waals surface area contributed by atoms with E-state index in [0.717, 1.165) is 16.8 Å². The van der Waals surface area contributed by atoms with E-state index >= 15 is 0 Å². The Balaban J connectivity index is 1.63. The van der Waals surface area contributed by atoms with Crippen LogP contribution in [0.3, 0.4) is 0 Å². The van der Waals surface area contributed by atoms with Gasteiger partial charge < -0.3 is 20.1 Å². The molecule has 3 aromatic rings. The highest BCUT2D eigenvalue weighted by Crippen LogP contribution is 2.52. The molecule has 2 bridgehead atoms. The standard InChI is InChI=1S/C27H26ClN3O3S/c1-4-33-21-7-5-6-20-23-22(25(32)29-18-12-10-17(28)11-13-18)27(3,34-24(20)21)31(26(35)30-23)19-14-8-16(2)9-15-19/h5-15,22-23H,4H2,1-3H3,(H,29,32)(H,30,35)/t22-,23+,27-/m0/s1. The fraction of sp³-hybridized carbons (Fsp3) is 0.259. The van der Waals surface area contributed by atoms with E-state index in [0.29, 0.717) is 33.9 Å². The van der Waals surface area contributed by atoms with Crippen LogP contribution in [0.1, 0.15) is 31.0 Å². The zero-order chi connectivity index (χ0) is 24.7. The molecule has 180 valence electrons. The van der Waals surface area contributed by atoms with Crippen molar-refractivity contribution in [2.24, 2.45) is 5.92 Å². The Morgan fingerprint density at radius 2 is 1.89 bits per heavy atom. The predicted molar refractivity (Wildman–Crippen MR) is 142 cm³/mol. The van der Waals surface area contributed by atoms with E-state index in [2.05, 4.69) is 10.6 Å². The molecule has 0 saturated carbocycles. The van der Waals surface area contributed by atoms with E-state index in [4.69, 9.17) is 33.3 Å². The van der Waals surface area contributed by atoms with Crippen molar-refractivity contribution in [1.29, 1.82) is 0 Å². The van der Waals surface area contributed by atoms with Crippen molar-refractivity contribution >= 4 is 46.2 Å². The van der Waals surface area contributed by atoms with Crippen LogP contribution < -0.4 is 25.0 Å². The smallest absolute Gasteiger partial charge is 0.236 e. The highest BCUT2D eigenvalue weighted by molar-refractivity contribution is 7.80. The number of para-hydroxylation sites is 1. The number of carbonyl (C=O) groups is 1. The van der Waals surface area contributed by atoms with Crippen LogP contribution in [-0.2, 0) is 4.79 Å². The van der Waals surface area contributed by atoms with Gasteiger partial charge in [0, 0.05) is 22.0 Å². The summed E-state index contributed by atoms with van der Waals surface area (Å²) in [5.74, 6) is 0.413. The second-order valence-electron chi connectivity index (χ2n) is 8.84. The number of thiocarbonyl (C=S) groups is 1. The van der Waals surface area contributed by atoms with E-state index in [1.807, 2.05) is 68.1 Å². The van der Waals surface area contributed by atoms with Crippen LogP contribution in [0.25, 0.3) is 0 Å². The van der Waals surface area contributed by atoms with Crippen molar-refractivity contribution in [2.45, 2.75) is 32.5 Å². The maximum Gasteiger partial charge on any atom is 0.236 e. The summed E-state index contributed by atoms with van der Waals surface area (Å²) in [4.78, 5) is 15.7. The number of hydrogen-bond donors (Lipinski definition) is 2. The number of nitrogens with zero attached hydrogens (tertiary/aromatic N) is 1. The average molecular weight is 508 g/mol. The molecule has 3 aromatic carbocycles. The Hall–Kier alpha value is -3.29. The topological polar surface area (TPSA) is 62.8 Å². The molecular formula is C27H26ClN3O3S. The highest BCUT2D eigenvalue weighted by Gasteiger charge is 2.59. The van der Waals surface area contributed by atoms with Crippen molar-refractivity contribution in [3.63, 3.8) is 0 Å². The van der Waals surface area contributed by atoms with Crippen LogP contribution in [0.4, 0.5) is 11.4 Å².